The van der Waals surface area contributed by atoms with E-state index >= 15 is 0 Å². The van der Waals surface area contributed by atoms with Crippen LogP contribution in [0.25, 0.3) is 0 Å². The quantitative estimate of drug-likeness (QED) is 0.625. The number of nitrogens with zero attached hydrogens (tertiary/aromatic N) is 3. The molecule has 0 bridgehead atoms. The normalized spacial score (nSPS) is 18.0. The molecule has 0 saturated heterocycles. The molecule has 2 N–H and O–H groups in total. The Balaban J connectivity index is 1.67. The molecule has 1 aliphatic rings. The molecule has 2 atom stereocenters. The van der Waals surface area contributed by atoms with Crippen LogP contribution in [0, 0.1) is 5.82 Å². The molecular formula is C20H19ClFN5OS. The molecule has 0 saturated carbocycles. The maximum absolute atomic E-state index is 14.0. The van der Waals surface area contributed by atoms with Gasteiger partial charge in [0.25, 0.3) is 0 Å². The van der Waals surface area contributed by atoms with E-state index in [0.29, 0.717) is 10.2 Å². The Morgan fingerprint density at radius 2 is 2.00 bits per heavy atom. The lowest BCUT2D eigenvalue weighted by molar-refractivity contribution is -0.116. The molecule has 0 unspecified atom stereocenters. The molecule has 9 heteroatoms. The van der Waals surface area contributed by atoms with Gasteiger partial charge in [-0.1, -0.05) is 54.6 Å². The number of hydrogen-bond acceptors (Lipinski definition) is 5. The van der Waals surface area contributed by atoms with E-state index in [-0.39, 0.29) is 17.6 Å². The van der Waals surface area contributed by atoms with Crippen LogP contribution >= 0.6 is 23.4 Å². The zero-order chi connectivity index (χ0) is 20.4. The minimum Gasteiger partial charge on any atom is -0.323 e. The molecule has 1 aliphatic heterocycles. The van der Waals surface area contributed by atoms with Crippen LogP contribution in [0.5, 0.6) is 0 Å². The van der Waals surface area contributed by atoms with Crippen molar-refractivity contribution in [2.45, 2.75) is 36.2 Å². The minimum absolute atomic E-state index is 0.145. The SMILES string of the molecule is CCCc1nnc2n1N[C@H](c1ccc(Cl)cc1)[C@H](C(=O)Nc1ccccc1F)S2. The zero-order valence-corrected chi connectivity index (χ0v) is 17.2. The van der Waals surface area contributed by atoms with Crippen LogP contribution in [0.2, 0.25) is 5.02 Å². The van der Waals surface area contributed by atoms with Gasteiger partial charge in [-0.2, -0.15) is 0 Å². The van der Waals surface area contributed by atoms with Gasteiger partial charge in [0.2, 0.25) is 11.1 Å². The fourth-order valence-electron chi connectivity index (χ4n) is 3.17. The monoisotopic (exact) mass is 431 g/mol. The Kier molecular flexibility index (Phi) is 5.73. The molecule has 150 valence electrons. The number of aromatic nitrogens is 3. The molecule has 3 aromatic rings. The molecule has 29 heavy (non-hydrogen) atoms. The molecule has 4 rings (SSSR count). The van der Waals surface area contributed by atoms with Crippen LogP contribution < -0.4 is 10.7 Å². The van der Waals surface area contributed by atoms with Crippen molar-refractivity contribution >= 4 is 35.0 Å². The summed E-state index contributed by atoms with van der Waals surface area (Å²) in [6, 6.07) is 13.0. The summed E-state index contributed by atoms with van der Waals surface area (Å²) in [4.78, 5) is 13.1. The second-order valence-corrected chi connectivity index (χ2v) is 8.20. The lowest BCUT2D eigenvalue weighted by Gasteiger charge is -2.33. The molecule has 1 amide bonds. The first kappa shape index (κ1) is 19.7. The van der Waals surface area contributed by atoms with E-state index in [0.717, 1.165) is 24.2 Å². The third-order valence-electron chi connectivity index (χ3n) is 4.60. The third kappa shape index (κ3) is 4.09. The van der Waals surface area contributed by atoms with Gasteiger partial charge in [-0.25, -0.2) is 9.07 Å². The first-order valence-corrected chi connectivity index (χ1v) is 10.5. The second-order valence-electron chi connectivity index (χ2n) is 6.65. The second kappa shape index (κ2) is 8.42. The van der Waals surface area contributed by atoms with E-state index in [1.807, 2.05) is 16.8 Å². The van der Waals surface area contributed by atoms with Gasteiger partial charge in [-0.05, 0) is 36.2 Å². The lowest BCUT2D eigenvalue weighted by atomic mass is 10.0. The number of para-hydroxylation sites is 1. The number of halogens is 2. The molecule has 0 spiro atoms. The Hall–Kier alpha value is -2.58. The number of rotatable bonds is 5. The van der Waals surface area contributed by atoms with Gasteiger partial charge in [-0.15, -0.1) is 10.2 Å². The Labute approximate surface area is 176 Å². The molecule has 6 nitrogen and oxygen atoms in total. The molecule has 0 aliphatic carbocycles. The first-order chi connectivity index (χ1) is 14.1. The fourth-order valence-corrected chi connectivity index (χ4v) is 4.40. The van der Waals surface area contributed by atoms with Crippen LogP contribution in [-0.2, 0) is 11.2 Å². The minimum atomic E-state index is -0.582. The highest BCUT2D eigenvalue weighted by atomic mass is 35.5. The Bertz CT molecular complexity index is 1030. The summed E-state index contributed by atoms with van der Waals surface area (Å²) < 4.78 is 15.9. The number of carbonyl (C=O) groups excluding carboxylic acids is 1. The van der Waals surface area contributed by atoms with Crippen LogP contribution in [0.3, 0.4) is 0 Å². The van der Waals surface area contributed by atoms with Gasteiger partial charge >= 0.3 is 0 Å². The summed E-state index contributed by atoms with van der Waals surface area (Å²) in [5.74, 6) is 0.00632. The largest absolute Gasteiger partial charge is 0.323 e. The highest BCUT2D eigenvalue weighted by Crippen LogP contribution is 2.38. The molecule has 2 aromatic carbocycles. The average molecular weight is 432 g/mol. The van der Waals surface area contributed by atoms with E-state index in [2.05, 4.69) is 27.9 Å². The van der Waals surface area contributed by atoms with Crippen molar-refractivity contribution in [2.75, 3.05) is 10.7 Å². The van der Waals surface area contributed by atoms with Gasteiger partial charge < -0.3 is 10.7 Å². The maximum atomic E-state index is 14.0. The predicted molar refractivity (Wildman–Crippen MR) is 112 cm³/mol. The average Bonchev–Trinajstić information content (AvgIpc) is 3.11. The Morgan fingerprint density at radius 3 is 2.72 bits per heavy atom. The predicted octanol–water partition coefficient (Wildman–Crippen LogP) is 4.42. The fraction of sp³-hybridized carbons (Fsp3) is 0.250. The van der Waals surface area contributed by atoms with Crippen molar-refractivity contribution in [2.24, 2.45) is 0 Å². The Morgan fingerprint density at radius 1 is 1.24 bits per heavy atom. The molecule has 1 aromatic heterocycles. The highest BCUT2D eigenvalue weighted by Gasteiger charge is 2.38. The number of amides is 1. The van der Waals surface area contributed by atoms with Crippen LogP contribution in [-0.4, -0.2) is 26.0 Å². The van der Waals surface area contributed by atoms with Gasteiger partial charge in [0.05, 0.1) is 11.7 Å². The maximum Gasteiger partial charge on any atom is 0.240 e. The summed E-state index contributed by atoms with van der Waals surface area (Å²) >= 11 is 7.34. The van der Waals surface area contributed by atoms with Gasteiger partial charge in [0.15, 0.2) is 5.82 Å². The summed E-state index contributed by atoms with van der Waals surface area (Å²) in [5, 5.41) is 11.8. The van der Waals surface area contributed by atoms with Crippen LogP contribution in [0.4, 0.5) is 10.1 Å². The topological polar surface area (TPSA) is 71.8 Å². The van der Waals surface area contributed by atoms with E-state index in [1.165, 1.54) is 23.9 Å². The van der Waals surface area contributed by atoms with Gasteiger partial charge in [0, 0.05) is 11.4 Å². The molecule has 2 heterocycles. The summed E-state index contributed by atoms with van der Waals surface area (Å²) in [6.07, 6.45) is 1.69. The molecular weight excluding hydrogens is 413 g/mol. The molecule has 0 fully saturated rings. The number of benzene rings is 2. The van der Waals surface area contributed by atoms with E-state index < -0.39 is 11.1 Å². The smallest absolute Gasteiger partial charge is 0.240 e. The lowest BCUT2D eigenvalue weighted by Crippen LogP contribution is -2.41. The number of hydrogen-bond donors (Lipinski definition) is 2. The van der Waals surface area contributed by atoms with E-state index in [9.17, 15) is 9.18 Å². The van der Waals surface area contributed by atoms with Crippen molar-refractivity contribution < 1.29 is 9.18 Å². The van der Waals surface area contributed by atoms with E-state index in [1.54, 1.807) is 24.3 Å². The number of fused-ring (bicyclic) bond motifs is 1. The van der Waals surface area contributed by atoms with Gasteiger partial charge in [-0.3, -0.25) is 4.79 Å². The standard InChI is InChI=1S/C20H19ClFN5OS/c1-2-5-16-24-25-20-27(16)26-17(12-8-10-13(21)11-9-12)18(29-20)19(28)23-15-7-4-3-6-14(15)22/h3-4,6-11,17-18,26H,2,5H2,1H3,(H,23,28)/t17-,18-/m1/s1. The summed E-state index contributed by atoms with van der Waals surface area (Å²) in [6.45, 7) is 2.07. The number of anilines is 1. The van der Waals surface area contributed by atoms with Crippen molar-refractivity contribution in [3.8, 4) is 0 Å². The highest BCUT2D eigenvalue weighted by molar-refractivity contribution is 8.00. The summed E-state index contributed by atoms with van der Waals surface area (Å²) in [7, 11) is 0. The first-order valence-electron chi connectivity index (χ1n) is 9.25. The number of carbonyl (C=O) groups is 1. The zero-order valence-electron chi connectivity index (χ0n) is 15.6. The van der Waals surface area contributed by atoms with Crippen LogP contribution in [0.15, 0.2) is 53.7 Å². The van der Waals surface area contributed by atoms with Gasteiger partial charge in [0.1, 0.15) is 11.1 Å². The van der Waals surface area contributed by atoms with Crippen molar-refractivity contribution in [3.63, 3.8) is 0 Å². The van der Waals surface area contributed by atoms with Crippen molar-refractivity contribution in [1.29, 1.82) is 0 Å². The van der Waals surface area contributed by atoms with Crippen molar-refractivity contribution in [3.05, 3.63) is 70.8 Å². The summed E-state index contributed by atoms with van der Waals surface area (Å²) in [5.41, 5.74) is 4.40. The number of thioether (sulfide) groups is 1. The third-order valence-corrected chi connectivity index (χ3v) is 6.06. The van der Waals surface area contributed by atoms with Crippen LogP contribution in [0.1, 0.15) is 30.8 Å². The molecule has 0 radical (unpaired) electrons. The number of nitrogens with one attached hydrogen (secondary N) is 2. The van der Waals surface area contributed by atoms with E-state index in [4.69, 9.17) is 11.6 Å². The van der Waals surface area contributed by atoms with Crippen molar-refractivity contribution in [1.82, 2.24) is 14.9 Å². The number of aryl methyl sites for hydroxylation is 1.